The molecule has 0 saturated carbocycles. The van der Waals surface area contributed by atoms with E-state index in [1.54, 1.807) is 6.20 Å². The van der Waals surface area contributed by atoms with Gasteiger partial charge >= 0.3 is 6.09 Å². The highest BCUT2D eigenvalue weighted by Crippen LogP contribution is 2.07. The van der Waals surface area contributed by atoms with Crippen molar-refractivity contribution in [3.63, 3.8) is 0 Å². The average molecular weight is 266 g/mol. The molecule has 1 N–H and O–H groups in total. The Kier molecular flexibility index (Phi) is 5.60. The number of rotatable bonds is 5. The van der Waals surface area contributed by atoms with E-state index in [-0.39, 0.29) is 0 Å². The minimum Gasteiger partial charge on any atom is -0.478 e. The van der Waals surface area contributed by atoms with E-state index in [2.05, 4.69) is 10.3 Å². The lowest BCUT2D eigenvalue weighted by atomic mass is 10.2. The van der Waals surface area contributed by atoms with Crippen molar-refractivity contribution in [1.29, 1.82) is 0 Å². The molecule has 0 saturated heterocycles. The second-order valence-corrected chi connectivity index (χ2v) is 5.30. The number of ether oxygens (including phenoxy) is 2. The summed E-state index contributed by atoms with van der Waals surface area (Å²) in [6, 6.07) is 3.78. The fourth-order valence-electron chi connectivity index (χ4n) is 1.29. The summed E-state index contributed by atoms with van der Waals surface area (Å²) in [4.78, 5) is 15.5. The van der Waals surface area contributed by atoms with Gasteiger partial charge in [-0.1, -0.05) is 6.07 Å². The third-order valence-electron chi connectivity index (χ3n) is 2.12. The van der Waals surface area contributed by atoms with E-state index < -0.39 is 11.7 Å². The number of alkyl carbamates (subject to hydrolysis) is 1. The van der Waals surface area contributed by atoms with Gasteiger partial charge in [-0.2, -0.15) is 0 Å². The van der Waals surface area contributed by atoms with Gasteiger partial charge in [0.15, 0.2) is 0 Å². The summed E-state index contributed by atoms with van der Waals surface area (Å²) in [6.07, 6.45) is 2.06. The normalized spacial score (nSPS) is 10.9. The predicted octanol–water partition coefficient (Wildman–Crippen LogP) is 2.68. The molecule has 1 aromatic heterocycles. The lowest BCUT2D eigenvalue weighted by molar-refractivity contribution is 0.0525. The van der Waals surface area contributed by atoms with E-state index in [1.807, 2.05) is 39.8 Å². The molecule has 0 unspecified atom stereocenters. The van der Waals surface area contributed by atoms with E-state index in [0.29, 0.717) is 25.5 Å². The number of aromatic nitrogens is 1. The molecule has 0 fully saturated rings. The summed E-state index contributed by atoms with van der Waals surface area (Å²) >= 11 is 0. The Labute approximate surface area is 114 Å². The molecule has 0 aliphatic rings. The largest absolute Gasteiger partial charge is 0.478 e. The number of nitrogens with zero attached hydrogens (tertiary/aromatic N) is 1. The molecule has 106 valence electrons. The van der Waals surface area contributed by atoms with Crippen molar-refractivity contribution in [1.82, 2.24) is 10.3 Å². The topological polar surface area (TPSA) is 60.5 Å². The number of hydrogen-bond acceptors (Lipinski definition) is 4. The van der Waals surface area contributed by atoms with E-state index in [0.717, 1.165) is 5.56 Å². The highest BCUT2D eigenvalue weighted by Gasteiger charge is 2.15. The molecular formula is C14H22N2O3. The predicted molar refractivity (Wildman–Crippen MR) is 73.3 cm³/mol. The standard InChI is InChI=1S/C14H22N2O3/c1-11-6-7-12(16-10-11)18-9-5-8-15-13(17)19-14(2,3)4/h6-7,10H,5,8-9H2,1-4H3,(H,15,17). The molecule has 0 aromatic carbocycles. The van der Waals surface area contributed by atoms with Crippen LogP contribution in [0.1, 0.15) is 32.8 Å². The monoisotopic (exact) mass is 266 g/mol. The zero-order valence-corrected chi connectivity index (χ0v) is 12.0. The number of carbonyl (C=O) groups excluding carboxylic acids is 1. The van der Waals surface area contributed by atoms with Crippen LogP contribution >= 0.6 is 0 Å². The van der Waals surface area contributed by atoms with Crippen molar-refractivity contribution < 1.29 is 14.3 Å². The van der Waals surface area contributed by atoms with Crippen LogP contribution in [-0.4, -0.2) is 29.8 Å². The highest BCUT2D eigenvalue weighted by molar-refractivity contribution is 5.67. The van der Waals surface area contributed by atoms with Crippen LogP contribution in [0.4, 0.5) is 4.79 Å². The van der Waals surface area contributed by atoms with E-state index in [4.69, 9.17) is 9.47 Å². The number of carbonyl (C=O) groups is 1. The smallest absolute Gasteiger partial charge is 0.407 e. The molecule has 0 atom stereocenters. The zero-order valence-electron chi connectivity index (χ0n) is 12.0. The summed E-state index contributed by atoms with van der Waals surface area (Å²) in [5.41, 5.74) is 0.630. The van der Waals surface area contributed by atoms with Crippen LogP contribution in [0.2, 0.25) is 0 Å². The van der Waals surface area contributed by atoms with Crippen molar-refractivity contribution in [3.05, 3.63) is 23.9 Å². The molecular weight excluding hydrogens is 244 g/mol. The first-order valence-corrected chi connectivity index (χ1v) is 6.39. The van der Waals surface area contributed by atoms with Gasteiger partial charge in [0.25, 0.3) is 0 Å². The van der Waals surface area contributed by atoms with Gasteiger partial charge in [0, 0.05) is 18.8 Å². The summed E-state index contributed by atoms with van der Waals surface area (Å²) < 4.78 is 10.6. The minimum atomic E-state index is -0.466. The maximum Gasteiger partial charge on any atom is 0.407 e. The fraction of sp³-hybridized carbons (Fsp3) is 0.571. The van der Waals surface area contributed by atoms with Gasteiger partial charge in [0.1, 0.15) is 5.60 Å². The Hall–Kier alpha value is -1.78. The first-order chi connectivity index (χ1) is 8.87. The molecule has 5 heteroatoms. The maximum atomic E-state index is 11.3. The van der Waals surface area contributed by atoms with Crippen LogP contribution in [0, 0.1) is 6.92 Å². The SMILES string of the molecule is Cc1ccc(OCCCNC(=O)OC(C)(C)C)nc1. The van der Waals surface area contributed by atoms with E-state index in [9.17, 15) is 4.79 Å². The van der Waals surface area contributed by atoms with Crippen molar-refractivity contribution in [3.8, 4) is 5.88 Å². The number of pyridine rings is 1. The highest BCUT2D eigenvalue weighted by atomic mass is 16.6. The van der Waals surface area contributed by atoms with Crippen LogP contribution in [0.25, 0.3) is 0 Å². The molecule has 1 heterocycles. The quantitative estimate of drug-likeness (QED) is 0.832. The molecule has 5 nitrogen and oxygen atoms in total. The Morgan fingerprint density at radius 2 is 2.11 bits per heavy atom. The third-order valence-corrected chi connectivity index (χ3v) is 2.12. The fourth-order valence-corrected chi connectivity index (χ4v) is 1.29. The first-order valence-electron chi connectivity index (χ1n) is 6.39. The number of nitrogens with one attached hydrogen (secondary N) is 1. The van der Waals surface area contributed by atoms with Crippen molar-refractivity contribution in [2.75, 3.05) is 13.2 Å². The van der Waals surface area contributed by atoms with Crippen molar-refractivity contribution in [2.45, 2.75) is 39.7 Å². The zero-order chi connectivity index (χ0) is 14.3. The van der Waals surface area contributed by atoms with Gasteiger partial charge in [-0.15, -0.1) is 0 Å². The second-order valence-electron chi connectivity index (χ2n) is 5.30. The average Bonchev–Trinajstić information content (AvgIpc) is 2.29. The summed E-state index contributed by atoms with van der Waals surface area (Å²) in [6.45, 7) is 8.49. The van der Waals surface area contributed by atoms with E-state index in [1.165, 1.54) is 0 Å². The van der Waals surface area contributed by atoms with Crippen molar-refractivity contribution in [2.24, 2.45) is 0 Å². The molecule has 0 aliphatic carbocycles. The summed E-state index contributed by atoms with van der Waals surface area (Å²) in [5.74, 6) is 0.600. The van der Waals surface area contributed by atoms with E-state index >= 15 is 0 Å². The molecule has 1 aromatic rings. The van der Waals surface area contributed by atoms with Crippen LogP contribution in [-0.2, 0) is 4.74 Å². The molecule has 0 radical (unpaired) electrons. The molecule has 0 spiro atoms. The summed E-state index contributed by atoms with van der Waals surface area (Å²) in [5, 5.41) is 2.67. The molecule has 1 amide bonds. The van der Waals surface area contributed by atoms with Gasteiger partial charge < -0.3 is 14.8 Å². The van der Waals surface area contributed by atoms with Gasteiger partial charge in [-0.3, -0.25) is 0 Å². The Morgan fingerprint density at radius 1 is 1.37 bits per heavy atom. The molecule has 0 aliphatic heterocycles. The Bertz CT molecular complexity index is 396. The number of hydrogen-bond donors (Lipinski definition) is 1. The van der Waals surface area contributed by atoms with Gasteiger partial charge in [0.2, 0.25) is 5.88 Å². The maximum absolute atomic E-state index is 11.3. The van der Waals surface area contributed by atoms with Crippen LogP contribution in [0.5, 0.6) is 5.88 Å². The minimum absolute atomic E-state index is 0.402. The Balaban J connectivity index is 2.11. The lowest BCUT2D eigenvalue weighted by Gasteiger charge is -2.19. The van der Waals surface area contributed by atoms with Crippen LogP contribution in [0.15, 0.2) is 18.3 Å². The van der Waals surface area contributed by atoms with Crippen LogP contribution in [0.3, 0.4) is 0 Å². The van der Waals surface area contributed by atoms with Crippen molar-refractivity contribution >= 4 is 6.09 Å². The van der Waals surface area contributed by atoms with Gasteiger partial charge in [0.05, 0.1) is 6.61 Å². The first kappa shape index (κ1) is 15.3. The van der Waals surface area contributed by atoms with Gasteiger partial charge in [-0.25, -0.2) is 9.78 Å². The Morgan fingerprint density at radius 3 is 2.68 bits per heavy atom. The number of amides is 1. The summed E-state index contributed by atoms with van der Waals surface area (Å²) in [7, 11) is 0. The third kappa shape index (κ3) is 7.28. The lowest BCUT2D eigenvalue weighted by Crippen LogP contribution is -2.33. The van der Waals surface area contributed by atoms with Gasteiger partial charge in [-0.05, 0) is 39.7 Å². The molecule has 19 heavy (non-hydrogen) atoms. The second kappa shape index (κ2) is 6.97. The van der Waals surface area contributed by atoms with Crippen LogP contribution < -0.4 is 10.1 Å². The number of aryl methyl sites for hydroxylation is 1. The molecule has 0 bridgehead atoms. The molecule has 1 rings (SSSR count).